The van der Waals surface area contributed by atoms with Gasteiger partial charge in [0.15, 0.2) is 5.96 Å². The topological polar surface area (TPSA) is 98.3 Å². The van der Waals surface area contributed by atoms with Crippen LogP contribution in [0.15, 0.2) is 47.0 Å². The van der Waals surface area contributed by atoms with E-state index in [2.05, 4.69) is 30.6 Å². The largest absolute Gasteiger partial charge is 0.354 e. The Kier molecular flexibility index (Phi) is 9.24. The molecular weight excluding hydrogens is 513 g/mol. The fourth-order valence-corrected chi connectivity index (χ4v) is 3.56. The SMILES string of the molecule is CN=C(NCCNC(=O)c1scnc1C)N(C)Cc1ncc(-c2ccccc2)[nH]1.I. The van der Waals surface area contributed by atoms with Gasteiger partial charge in [-0.2, -0.15) is 0 Å². The van der Waals surface area contributed by atoms with Gasteiger partial charge in [0, 0.05) is 27.2 Å². The van der Waals surface area contributed by atoms with E-state index in [1.807, 2.05) is 55.4 Å². The molecule has 3 aromatic rings. The molecule has 2 aromatic heterocycles. The lowest BCUT2D eigenvalue weighted by atomic mass is 10.2. The highest BCUT2D eigenvalue weighted by molar-refractivity contribution is 14.0. The number of nitrogens with one attached hydrogen (secondary N) is 3. The minimum absolute atomic E-state index is 0. The Balaban J connectivity index is 0.00000320. The zero-order valence-corrected chi connectivity index (χ0v) is 20.3. The fourth-order valence-electron chi connectivity index (χ4n) is 2.84. The van der Waals surface area contributed by atoms with Crippen molar-refractivity contribution in [3.63, 3.8) is 0 Å². The van der Waals surface area contributed by atoms with Gasteiger partial charge in [-0.1, -0.05) is 30.3 Å². The summed E-state index contributed by atoms with van der Waals surface area (Å²) < 4.78 is 0. The van der Waals surface area contributed by atoms with Gasteiger partial charge in [0.2, 0.25) is 0 Å². The van der Waals surface area contributed by atoms with Crippen LogP contribution in [-0.2, 0) is 6.54 Å². The molecule has 0 unspecified atom stereocenters. The molecule has 8 nitrogen and oxygen atoms in total. The summed E-state index contributed by atoms with van der Waals surface area (Å²) in [5.41, 5.74) is 4.52. The van der Waals surface area contributed by atoms with Gasteiger partial charge < -0.3 is 20.5 Å². The number of rotatable bonds is 7. The van der Waals surface area contributed by atoms with Crippen molar-refractivity contribution in [3.8, 4) is 11.3 Å². The van der Waals surface area contributed by atoms with Crippen molar-refractivity contribution in [2.75, 3.05) is 27.2 Å². The predicted octanol–water partition coefficient (Wildman–Crippen LogP) is 2.90. The van der Waals surface area contributed by atoms with E-state index < -0.39 is 0 Å². The molecule has 0 aliphatic carbocycles. The maximum Gasteiger partial charge on any atom is 0.263 e. The van der Waals surface area contributed by atoms with E-state index in [0.29, 0.717) is 24.5 Å². The summed E-state index contributed by atoms with van der Waals surface area (Å²) in [6.45, 7) is 3.47. The second kappa shape index (κ2) is 11.6. The van der Waals surface area contributed by atoms with Gasteiger partial charge in [-0.05, 0) is 12.5 Å². The van der Waals surface area contributed by atoms with Gasteiger partial charge in [0.1, 0.15) is 10.7 Å². The monoisotopic (exact) mass is 539 g/mol. The van der Waals surface area contributed by atoms with Crippen LogP contribution in [0.4, 0.5) is 0 Å². The third kappa shape index (κ3) is 6.26. The molecule has 30 heavy (non-hydrogen) atoms. The highest BCUT2D eigenvalue weighted by Crippen LogP contribution is 2.16. The van der Waals surface area contributed by atoms with Crippen LogP contribution in [0.25, 0.3) is 11.3 Å². The van der Waals surface area contributed by atoms with Crippen LogP contribution in [0.1, 0.15) is 21.2 Å². The molecule has 10 heteroatoms. The first-order valence-corrected chi connectivity index (χ1v) is 10.2. The molecule has 0 aliphatic rings. The number of H-pyrrole nitrogens is 1. The van der Waals surface area contributed by atoms with Gasteiger partial charge in [-0.25, -0.2) is 9.97 Å². The lowest BCUT2D eigenvalue weighted by molar-refractivity contribution is 0.0957. The average Bonchev–Trinajstić information content (AvgIpc) is 3.37. The lowest BCUT2D eigenvalue weighted by Crippen LogP contribution is -2.42. The summed E-state index contributed by atoms with van der Waals surface area (Å²) in [6.07, 6.45) is 1.84. The number of nitrogens with zero attached hydrogens (tertiary/aromatic N) is 4. The Morgan fingerprint density at radius 3 is 2.60 bits per heavy atom. The first kappa shape index (κ1) is 23.8. The van der Waals surface area contributed by atoms with Gasteiger partial charge in [0.05, 0.1) is 29.6 Å². The molecule has 0 bridgehead atoms. The van der Waals surface area contributed by atoms with Crippen LogP contribution in [0.2, 0.25) is 0 Å². The molecule has 0 fully saturated rings. The van der Waals surface area contributed by atoms with Crippen molar-refractivity contribution in [1.29, 1.82) is 0 Å². The van der Waals surface area contributed by atoms with Gasteiger partial charge in [-0.3, -0.25) is 9.79 Å². The van der Waals surface area contributed by atoms with E-state index in [4.69, 9.17) is 0 Å². The third-order valence-corrected chi connectivity index (χ3v) is 5.25. The molecule has 0 aliphatic heterocycles. The molecule has 0 saturated heterocycles. The summed E-state index contributed by atoms with van der Waals surface area (Å²) in [7, 11) is 3.68. The number of thiazole rings is 1. The second-order valence-corrected chi connectivity index (χ2v) is 7.32. The molecule has 0 spiro atoms. The Bertz CT molecular complexity index is 970. The minimum Gasteiger partial charge on any atom is -0.354 e. The number of imidazole rings is 1. The molecule has 1 aromatic carbocycles. The summed E-state index contributed by atoms with van der Waals surface area (Å²) in [6, 6.07) is 10.1. The number of aliphatic imine (C=N–C) groups is 1. The second-order valence-electron chi connectivity index (χ2n) is 6.46. The van der Waals surface area contributed by atoms with E-state index >= 15 is 0 Å². The van der Waals surface area contributed by atoms with Crippen molar-refractivity contribution < 1.29 is 4.79 Å². The van der Waals surface area contributed by atoms with E-state index in [-0.39, 0.29) is 29.9 Å². The number of carbonyl (C=O) groups is 1. The third-order valence-electron chi connectivity index (χ3n) is 4.32. The molecule has 0 radical (unpaired) electrons. The molecule has 0 atom stereocenters. The number of aromatic nitrogens is 3. The van der Waals surface area contributed by atoms with Crippen molar-refractivity contribution in [2.45, 2.75) is 13.5 Å². The number of aryl methyl sites for hydroxylation is 1. The Morgan fingerprint density at radius 2 is 1.93 bits per heavy atom. The molecule has 0 saturated carbocycles. The smallest absolute Gasteiger partial charge is 0.263 e. The quantitative estimate of drug-likeness (QED) is 0.186. The number of hydrogen-bond donors (Lipinski definition) is 3. The molecule has 2 heterocycles. The normalized spacial score (nSPS) is 11.0. The number of halogens is 1. The number of benzene rings is 1. The van der Waals surface area contributed by atoms with Crippen LogP contribution >= 0.6 is 35.3 Å². The molecule has 160 valence electrons. The molecular formula is C20H26IN7OS. The zero-order valence-electron chi connectivity index (χ0n) is 17.2. The average molecular weight is 539 g/mol. The number of hydrogen-bond acceptors (Lipinski definition) is 5. The predicted molar refractivity (Wildman–Crippen MR) is 131 cm³/mol. The Labute approximate surface area is 197 Å². The van der Waals surface area contributed by atoms with Crippen molar-refractivity contribution in [3.05, 3.63) is 58.4 Å². The number of guanidine groups is 1. The summed E-state index contributed by atoms with van der Waals surface area (Å²) in [5.74, 6) is 1.48. The van der Waals surface area contributed by atoms with Crippen molar-refractivity contribution in [1.82, 2.24) is 30.5 Å². The molecule has 3 N–H and O–H groups in total. The van der Waals surface area contributed by atoms with Crippen molar-refractivity contribution in [2.24, 2.45) is 4.99 Å². The van der Waals surface area contributed by atoms with Gasteiger partial charge >= 0.3 is 0 Å². The minimum atomic E-state index is -0.0980. The Hall–Kier alpha value is -2.47. The number of amides is 1. The zero-order chi connectivity index (χ0) is 20.6. The van der Waals surface area contributed by atoms with Crippen LogP contribution in [0, 0.1) is 6.92 Å². The highest BCUT2D eigenvalue weighted by atomic mass is 127. The summed E-state index contributed by atoms with van der Waals surface area (Å²) in [5, 5.41) is 6.14. The van der Waals surface area contributed by atoms with E-state index in [1.54, 1.807) is 12.6 Å². The fraction of sp³-hybridized carbons (Fsp3) is 0.300. The summed E-state index contributed by atoms with van der Waals surface area (Å²) in [4.78, 5) is 30.9. The lowest BCUT2D eigenvalue weighted by Gasteiger charge is -2.21. The first-order valence-electron chi connectivity index (χ1n) is 9.28. The van der Waals surface area contributed by atoms with E-state index in [9.17, 15) is 4.79 Å². The number of aromatic amines is 1. The van der Waals surface area contributed by atoms with Crippen LogP contribution in [0.5, 0.6) is 0 Å². The molecule has 1 amide bonds. The highest BCUT2D eigenvalue weighted by Gasteiger charge is 2.12. The van der Waals surface area contributed by atoms with Crippen LogP contribution in [-0.4, -0.2) is 58.9 Å². The van der Waals surface area contributed by atoms with E-state index in [1.165, 1.54) is 11.3 Å². The van der Waals surface area contributed by atoms with Gasteiger partial charge in [-0.15, -0.1) is 35.3 Å². The van der Waals surface area contributed by atoms with Crippen LogP contribution in [0.3, 0.4) is 0 Å². The van der Waals surface area contributed by atoms with E-state index in [0.717, 1.165) is 28.7 Å². The summed E-state index contributed by atoms with van der Waals surface area (Å²) >= 11 is 1.35. The standard InChI is InChI=1S/C20H25N7OS.HI/c1-14-18(29-13-25-14)19(28)22-9-10-23-20(21-2)27(3)12-17-24-11-16(26-17)15-7-5-4-6-8-15;/h4-8,11,13H,9-10,12H2,1-3H3,(H,21,23)(H,22,28)(H,24,26);1H. The van der Waals surface area contributed by atoms with Gasteiger partial charge in [0.25, 0.3) is 5.91 Å². The first-order chi connectivity index (χ1) is 14.1. The van der Waals surface area contributed by atoms with Crippen molar-refractivity contribution >= 4 is 47.2 Å². The maximum atomic E-state index is 12.1. The maximum absolute atomic E-state index is 12.1. The molecule has 3 rings (SSSR count). The van der Waals surface area contributed by atoms with Crippen LogP contribution < -0.4 is 10.6 Å². The number of carbonyl (C=O) groups excluding carboxylic acids is 1. The Morgan fingerprint density at radius 1 is 1.20 bits per heavy atom.